The van der Waals surface area contributed by atoms with E-state index in [2.05, 4.69) is 91.3 Å². The molecule has 11 nitrogen and oxygen atoms in total. The summed E-state index contributed by atoms with van der Waals surface area (Å²) >= 11 is 7.20. The van der Waals surface area contributed by atoms with E-state index in [9.17, 15) is 0 Å². The average Bonchev–Trinajstić information content (AvgIpc) is 3.82. The molecule has 7 rings (SSSR count). The highest BCUT2D eigenvalue weighted by molar-refractivity contribution is 6.24. The van der Waals surface area contributed by atoms with Crippen molar-refractivity contribution in [2.75, 3.05) is 26.2 Å². The molecule has 5 aromatic rings. The summed E-state index contributed by atoms with van der Waals surface area (Å²) in [7, 11) is 1.96. The molecule has 5 heterocycles. The molecule has 0 saturated carbocycles. The van der Waals surface area contributed by atoms with E-state index in [0.717, 1.165) is 93.6 Å². The van der Waals surface area contributed by atoms with E-state index in [4.69, 9.17) is 16.7 Å². The van der Waals surface area contributed by atoms with Gasteiger partial charge in [0.05, 0.1) is 53.1 Å². The number of hydrogen-bond donors (Lipinski definition) is 1. The smallest absolute Gasteiger partial charge is 0.143 e. The number of nitrogens with one attached hydrogen (secondary N) is 1. The van der Waals surface area contributed by atoms with Gasteiger partial charge in [-0.25, -0.2) is 0 Å². The van der Waals surface area contributed by atoms with Gasteiger partial charge < -0.3 is 9.80 Å². The molecule has 1 saturated heterocycles. The normalized spacial score (nSPS) is 18.5. The van der Waals surface area contributed by atoms with E-state index in [-0.39, 0.29) is 11.3 Å². The monoisotopic (exact) mass is 609 g/mol. The van der Waals surface area contributed by atoms with Crippen LogP contribution in [-0.2, 0) is 13.6 Å². The lowest BCUT2D eigenvalue weighted by molar-refractivity contribution is 0.198. The molecule has 1 N–H and O–H groups in total. The summed E-state index contributed by atoms with van der Waals surface area (Å²) in [5, 5.41) is 26.8. The molecular formula is C32H36ClN11. The molecule has 0 bridgehead atoms. The molecule has 1 aliphatic carbocycles. The fraction of sp³-hybridized carbons (Fsp3) is 0.344. The predicted molar refractivity (Wildman–Crippen MR) is 173 cm³/mol. The maximum absolute atomic E-state index is 7.20. The number of fused-ring (bicyclic) bond motifs is 2. The molecule has 44 heavy (non-hydrogen) atoms. The fourth-order valence-electron chi connectivity index (χ4n) is 6.45. The Morgan fingerprint density at radius 1 is 1.00 bits per heavy atom. The third-order valence-corrected chi connectivity index (χ3v) is 9.58. The second-order valence-electron chi connectivity index (χ2n) is 11.8. The lowest BCUT2D eigenvalue weighted by Crippen LogP contribution is -2.46. The summed E-state index contributed by atoms with van der Waals surface area (Å²) in [6.07, 6.45) is 7.64. The van der Waals surface area contributed by atoms with Gasteiger partial charge in [0.25, 0.3) is 0 Å². The molecule has 2 atom stereocenters. The van der Waals surface area contributed by atoms with E-state index in [1.54, 1.807) is 11.0 Å². The first kappa shape index (κ1) is 28.1. The summed E-state index contributed by atoms with van der Waals surface area (Å²) in [6.45, 7) is 18.7. The summed E-state index contributed by atoms with van der Waals surface area (Å²) in [5.74, 6) is 0.684. The molecule has 12 heteroatoms. The number of aromatic amines is 1. The van der Waals surface area contributed by atoms with E-state index in [0.29, 0.717) is 6.54 Å². The van der Waals surface area contributed by atoms with Crippen LogP contribution >= 0.6 is 11.6 Å². The number of alkyl halides is 1. The molecule has 1 aliphatic heterocycles. The number of hydrogen-bond acceptors (Lipinski definition) is 7. The molecule has 1 fully saturated rings. The Balaban J connectivity index is 1.20. The Morgan fingerprint density at radius 2 is 1.77 bits per heavy atom. The van der Waals surface area contributed by atoms with Gasteiger partial charge in [0.15, 0.2) is 0 Å². The van der Waals surface area contributed by atoms with Gasteiger partial charge in [-0.05, 0) is 39.0 Å². The summed E-state index contributed by atoms with van der Waals surface area (Å²) in [5.41, 5.74) is 10.3. The number of rotatable bonds is 7. The van der Waals surface area contributed by atoms with Gasteiger partial charge in [-0.15, -0.1) is 16.4 Å². The van der Waals surface area contributed by atoms with Crippen molar-refractivity contribution >= 4 is 34.4 Å². The molecule has 0 amide bonds. The highest BCUT2D eigenvalue weighted by Crippen LogP contribution is 2.45. The third kappa shape index (κ3) is 4.71. The fourth-order valence-corrected chi connectivity index (χ4v) is 6.78. The molecule has 0 spiro atoms. The van der Waals surface area contributed by atoms with E-state index >= 15 is 0 Å². The largest absolute Gasteiger partial charge is 0.370 e. The summed E-state index contributed by atoms with van der Waals surface area (Å²) in [6, 6.07) is 6.40. The highest BCUT2D eigenvalue weighted by atomic mass is 35.5. The maximum atomic E-state index is 7.20. The van der Waals surface area contributed by atoms with Crippen molar-refractivity contribution in [3.8, 4) is 11.3 Å². The molecule has 4 aromatic heterocycles. The Kier molecular flexibility index (Phi) is 6.92. The number of nitrogens with zero attached hydrogens (tertiary/aromatic N) is 10. The van der Waals surface area contributed by atoms with Gasteiger partial charge in [0.1, 0.15) is 5.82 Å². The van der Waals surface area contributed by atoms with Crippen LogP contribution in [0.2, 0.25) is 0 Å². The minimum absolute atomic E-state index is 0.105. The molecule has 0 radical (unpaired) electrons. The van der Waals surface area contributed by atoms with Gasteiger partial charge >= 0.3 is 0 Å². The van der Waals surface area contributed by atoms with Crippen LogP contribution in [-0.4, -0.2) is 86.1 Å². The van der Waals surface area contributed by atoms with Crippen molar-refractivity contribution in [1.82, 2.24) is 54.6 Å². The van der Waals surface area contributed by atoms with Crippen molar-refractivity contribution in [3.63, 3.8) is 0 Å². The van der Waals surface area contributed by atoms with Crippen LogP contribution in [0.15, 0.2) is 61.2 Å². The number of piperazine rings is 1. The van der Waals surface area contributed by atoms with Crippen molar-refractivity contribution in [1.29, 1.82) is 0 Å². The number of aryl methyl sites for hydroxylation is 2. The van der Waals surface area contributed by atoms with Gasteiger partial charge in [0, 0.05) is 72.6 Å². The van der Waals surface area contributed by atoms with Crippen molar-refractivity contribution in [3.05, 3.63) is 89.4 Å². The zero-order valence-corrected chi connectivity index (χ0v) is 26.3. The second-order valence-corrected chi connectivity index (χ2v) is 12.3. The topological polar surface area (TPSA) is 102 Å². The predicted octanol–water partition coefficient (Wildman–Crippen LogP) is 4.78. The Morgan fingerprint density at radius 3 is 2.52 bits per heavy atom. The number of benzene rings is 1. The third-order valence-electron chi connectivity index (χ3n) is 8.98. The van der Waals surface area contributed by atoms with Crippen molar-refractivity contribution in [2.24, 2.45) is 7.05 Å². The first-order valence-corrected chi connectivity index (χ1v) is 15.2. The first-order chi connectivity index (χ1) is 21.2. The van der Waals surface area contributed by atoms with E-state index in [1.807, 2.05) is 31.0 Å². The van der Waals surface area contributed by atoms with Gasteiger partial charge in [-0.1, -0.05) is 24.8 Å². The molecule has 2 aliphatic rings. The number of allylic oxidation sites excluding steroid dienone is 2. The molecular weight excluding hydrogens is 574 g/mol. The Hall–Kier alpha value is -4.64. The Bertz CT molecular complexity index is 1930. The van der Waals surface area contributed by atoms with Crippen LogP contribution in [0.25, 0.3) is 34.1 Å². The standard InChI is InChI=1S/C32H36ClN11/c1-19-13-27-26(17-34-37-27)30(31(19)33)29-22(4)43(39-32(29)24-7-8-28-25(14-24)16-35-40(28)6)18-21(3)41-9-11-42(12-10-41)23(5)44-36-15-20(2)38-44/h7-8,13-17,30-31H,3,5,9-12,18H2,1-2,4,6H3,(H,34,37). The number of halogens is 1. The zero-order chi connectivity index (χ0) is 30.7. The summed E-state index contributed by atoms with van der Waals surface area (Å²) < 4.78 is 3.97. The zero-order valence-electron chi connectivity index (χ0n) is 25.5. The van der Waals surface area contributed by atoms with Crippen molar-refractivity contribution < 1.29 is 0 Å². The lowest BCUT2D eigenvalue weighted by Gasteiger charge is -2.38. The SMILES string of the molecule is C=C(Cn1nc(-c2ccc3c(cnn3C)c2)c(C2c3cn[nH]c3C=C(C)C2Cl)c1C)N1CCN(C(=C)n2ncc(C)n2)CC1. The van der Waals surface area contributed by atoms with Crippen LogP contribution in [0.3, 0.4) is 0 Å². The molecule has 2 unspecified atom stereocenters. The minimum atomic E-state index is -0.227. The Labute approximate surface area is 261 Å². The number of aromatic nitrogens is 9. The quantitative estimate of drug-likeness (QED) is 0.265. The van der Waals surface area contributed by atoms with Gasteiger partial charge in [0.2, 0.25) is 0 Å². The van der Waals surface area contributed by atoms with Crippen molar-refractivity contribution in [2.45, 2.75) is 38.6 Å². The van der Waals surface area contributed by atoms with Gasteiger partial charge in [-0.2, -0.15) is 25.5 Å². The molecule has 226 valence electrons. The van der Waals surface area contributed by atoms with E-state index in [1.165, 1.54) is 0 Å². The second kappa shape index (κ2) is 10.8. The summed E-state index contributed by atoms with van der Waals surface area (Å²) in [4.78, 5) is 6.16. The van der Waals surface area contributed by atoms with E-state index < -0.39 is 0 Å². The maximum Gasteiger partial charge on any atom is 0.143 e. The lowest BCUT2D eigenvalue weighted by atomic mass is 9.80. The minimum Gasteiger partial charge on any atom is -0.370 e. The van der Waals surface area contributed by atoms with Crippen LogP contribution in [0, 0.1) is 13.8 Å². The first-order valence-electron chi connectivity index (χ1n) is 14.8. The van der Waals surface area contributed by atoms with Crippen LogP contribution < -0.4 is 0 Å². The highest BCUT2D eigenvalue weighted by Gasteiger charge is 2.36. The number of H-pyrrole nitrogens is 1. The van der Waals surface area contributed by atoms with Gasteiger partial charge in [-0.3, -0.25) is 14.5 Å². The van der Waals surface area contributed by atoms with Crippen LogP contribution in [0.5, 0.6) is 0 Å². The average molecular weight is 610 g/mol. The van der Waals surface area contributed by atoms with Crippen LogP contribution in [0.4, 0.5) is 0 Å². The molecule has 1 aromatic carbocycles. The van der Waals surface area contributed by atoms with Crippen LogP contribution in [0.1, 0.15) is 41.1 Å².